The molecular formula is C29H35N3O4S. The minimum Gasteiger partial charge on any atom is -0.497 e. The van der Waals surface area contributed by atoms with E-state index in [1.165, 1.54) is 31.9 Å². The number of amides is 1. The van der Waals surface area contributed by atoms with Crippen molar-refractivity contribution in [2.24, 2.45) is 5.41 Å². The zero-order valence-corrected chi connectivity index (χ0v) is 22.8. The van der Waals surface area contributed by atoms with Gasteiger partial charge in [0.15, 0.2) is 0 Å². The number of methoxy groups -OCH3 is 2. The quantitative estimate of drug-likeness (QED) is 0.324. The van der Waals surface area contributed by atoms with E-state index >= 15 is 0 Å². The molecule has 1 atom stereocenters. The van der Waals surface area contributed by atoms with Crippen LogP contribution in [0.25, 0.3) is 22.2 Å². The highest BCUT2D eigenvalue weighted by Gasteiger charge is 2.41. The van der Waals surface area contributed by atoms with Gasteiger partial charge in [0.1, 0.15) is 5.75 Å². The maximum Gasteiger partial charge on any atom is 0.313 e. The first-order valence-electron chi connectivity index (χ1n) is 12.9. The Balaban J connectivity index is 1.81. The smallest absolute Gasteiger partial charge is 0.313 e. The molecule has 1 saturated carbocycles. The summed E-state index contributed by atoms with van der Waals surface area (Å²) in [7, 11) is 4.88. The molecule has 5 rings (SSSR count). The fourth-order valence-corrected chi connectivity index (χ4v) is 6.53. The second kappa shape index (κ2) is 10.4. The number of hydrogen-bond acceptors (Lipinski definition) is 6. The van der Waals surface area contributed by atoms with Gasteiger partial charge in [-0.15, -0.1) is 0 Å². The molecule has 1 unspecified atom stereocenters. The zero-order chi connectivity index (χ0) is 26.2. The van der Waals surface area contributed by atoms with E-state index in [-0.39, 0.29) is 11.9 Å². The maximum atomic E-state index is 13.2. The number of fused-ring (bicyclic) bond motifs is 5. The van der Waals surface area contributed by atoms with E-state index in [4.69, 9.17) is 9.47 Å². The number of benzene rings is 2. The first-order chi connectivity index (χ1) is 17.9. The molecule has 0 bridgehead atoms. The molecule has 2 aromatic carbocycles. The van der Waals surface area contributed by atoms with Crippen LogP contribution in [0, 0.1) is 5.41 Å². The lowest BCUT2D eigenvalue weighted by Crippen LogP contribution is -2.35. The molecule has 2 aliphatic rings. The van der Waals surface area contributed by atoms with E-state index in [1.807, 2.05) is 25.1 Å². The van der Waals surface area contributed by atoms with Crippen LogP contribution in [-0.4, -0.2) is 37.7 Å². The summed E-state index contributed by atoms with van der Waals surface area (Å²) in [4.78, 5) is 26.1. The second-order valence-corrected chi connectivity index (χ2v) is 11.2. The summed E-state index contributed by atoms with van der Waals surface area (Å²) < 4.78 is 18.9. The summed E-state index contributed by atoms with van der Waals surface area (Å²) in [5.74, 6) is 0.806. The van der Waals surface area contributed by atoms with Crippen LogP contribution in [0.15, 0.2) is 36.4 Å². The van der Waals surface area contributed by atoms with Crippen LogP contribution in [-0.2, 0) is 22.5 Å². The van der Waals surface area contributed by atoms with Gasteiger partial charge in [-0.3, -0.25) is 14.3 Å². The van der Waals surface area contributed by atoms with Crippen molar-refractivity contribution in [1.29, 1.82) is 0 Å². The second-order valence-electron chi connectivity index (χ2n) is 10.4. The molecule has 1 aliphatic heterocycles. The summed E-state index contributed by atoms with van der Waals surface area (Å²) in [5.41, 5.74) is 5.50. The van der Waals surface area contributed by atoms with Crippen LogP contribution in [0.5, 0.6) is 5.75 Å². The number of carbonyl (C=O) groups excluding carboxylic acids is 2. The van der Waals surface area contributed by atoms with Crippen molar-refractivity contribution in [2.45, 2.75) is 57.9 Å². The molecule has 37 heavy (non-hydrogen) atoms. The van der Waals surface area contributed by atoms with Crippen LogP contribution < -0.4 is 14.2 Å². The standard InChI is InChI=1S/C29H35N3O4S/c1-29(28(34)36-4)16-20-14-21(35-3)11-13-22(20)26-25(18-8-6-5-7-9-18)23-12-10-19(27(33)31-37-30-2)15-24(23)32(26)17-29/h10-15,18,30H,5-9,16-17H2,1-4H3,(H,31,33). The third kappa shape index (κ3) is 4.61. The fraction of sp³-hybridized carbons (Fsp3) is 0.448. The maximum absolute atomic E-state index is 13.2. The van der Waals surface area contributed by atoms with Crippen molar-refractivity contribution in [3.63, 3.8) is 0 Å². The molecule has 7 nitrogen and oxygen atoms in total. The predicted molar refractivity (Wildman–Crippen MR) is 148 cm³/mol. The Labute approximate surface area is 222 Å². The molecule has 196 valence electrons. The predicted octanol–water partition coefficient (Wildman–Crippen LogP) is 5.61. The third-order valence-electron chi connectivity index (χ3n) is 7.96. The zero-order valence-electron chi connectivity index (χ0n) is 22.0. The van der Waals surface area contributed by atoms with Crippen molar-refractivity contribution in [1.82, 2.24) is 14.0 Å². The van der Waals surface area contributed by atoms with Gasteiger partial charge in [-0.2, -0.15) is 0 Å². The number of hydrogen-bond donors (Lipinski definition) is 2. The number of carbonyl (C=O) groups is 2. The van der Waals surface area contributed by atoms with E-state index in [1.54, 1.807) is 14.2 Å². The van der Waals surface area contributed by atoms with Gasteiger partial charge in [-0.05, 0) is 80.6 Å². The summed E-state index contributed by atoms with van der Waals surface area (Å²) in [6.07, 6.45) is 6.53. The molecule has 2 heterocycles. The van der Waals surface area contributed by atoms with Gasteiger partial charge in [0.25, 0.3) is 5.91 Å². The van der Waals surface area contributed by atoms with Crippen molar-refractivity contribution in [2.75, 3.05) is 21.3 Å². The van der Waals surface area contributed by atoms with Crippen LogP contribution in [0.3, 0.4) is 0 Å². The SMILES string of the molecule is CNSNC(=O)c1ccc2c(C3CCCCC3)c3n(c2c1)CC(C)(C(=O)OC)Cc1cc(OC)ccc1-3. The van der Waals surface area contributed by atoms with E-state index in [0.717, 1.165) is 58.4 Å². The summed E-state index contributed by atoms with van der Waals surface area (Å²) in [6.45, 7) is 2.44. The van der Waals surface area contributed by atoms with Crippen LogP contribution in [0.4, 0.5) is 0 Å². The Hall–Kier alpha value is -2.97. The highest BCUT2D eigenvalue weighted by atomic mass is 32.2. The molecule has 1 aromatic heterocycles. The Morgan fingerprint density at radius 2 is 1.86 bits per heavy atom. The highest BCUT2D eigenvalue weighted by molar-refractivity contribution is 7.96. The fourth-order valence-electron chi connectivity index (χ4n) is 6.22. The summed E-state index contributed by atoms with van der Waals surface area (Å²) >= 11 is 1.15. The molecule has 3 aromatic rings. The lowest BCUT2D eigenvalue weighted by atomic mass is 9.80. The average Bonchev–Trinajstić information content (AvgIpc) is 3.16. The molecule has 2 N–H and O–H groups in total. The minimum absolute atomic E-state index is 0.162. The van der Waals surface area contributed by atoms with Crippen LogP contribution in [0.2, 0.25) is 0 Å². The topological polar surface area (TPSA) is 81.6 Å². The van der Waals surface area contributed by atoms with E-state index in [2.05, 4.69) is 32.2 Å². The van der Waals surface area contributed by atoms with Gasteiger partial charge >= 0.3 is 5.97 Å². The minimum atomic E-state index is -0.781. The van der Waals surface area contributed by atoms with Gasteiger partial charge in [0.2, 0.25) is 0 Å². The molecule has 8 heteroatoms. The number of aromatic nitrogens is 1. The summed E-state index contributed by atoms with van der Waals surface area (Å²) in [6, 6.07) is 12.2. The number of esters is 1. The Morgan fingerprint density at radius 3 is 2.57 bits per heavy atom. The van der Waals surface area contributed by atoms with Crippen molar-refractivity contribution in [3.05, 3.63) is 53.1 Å². The van der Waals surface area contributed by atoms with Crippen molar-refractivity contribution >= 4 is 34.9 Å². The third-order valence-corrected chi connectivity index (χ3v) is 8.45. The Morgan fingerprint density at radius 1 is 1.08 bits per heavy atom. The lowest BCUT2D eigenvalue weighted by Gasteiger charge is -2.26. The van der Waals surface area contributed by atoms with E-state index in [0.29, 0.717) is 24.4 Å². The van der Waals surface area contributed by atoms with Crippen LogP contribution in [0.1, 0.15) is 66.4 Å². The molecule has 0 radical (unpaired) electrons. The molecular weight excluding hydrogens is 486 g/mol. The monoisotopic (exact) mass is 521 g/mol. The van der Waals surface area contributed by atoms with E-state index < -0.39 is 5.41 Å². The van der Waals surface area contributed by atoms with Gasteiger partial charge in [-0.1, -0.05) is 25.3 Å². The Kier molecular flexibility index (Phi) is 7.23. The molecule has 0 spiro atoms. The van der Waals surface area contributed by atoms with Gasteiger partial charge < -0.3 is 14.0 Å². The number of ether oxygens (including phenoxy) is 2. The highest BCUT2D eigenvalue weighted by Crippen LogP contribution is 2.49. The van der Waals surface area contributed by atoms with Crippen molar-refractivity contribution in [3.8, 4) is 17.0 Å². The molecule has 1 fully saturated rings. The average molecular weight is 522 g/mol. The first-order valence-corrected chi connectivity index (χ1v) is 13.8. The number of nitrogens with one attached hydrogen (secondary N) is 2. The normalized spacial score (nSPS) is 19.6. The van der Waals surface area contributed by atoms with E-state index in [9.17, 15) is 9.59 Å². The molecule has 0 saturated heterocycles. The summed E-state index contributed by atoms with van der Waals surface area (Å²) in [5, 5.41) is 1.16. The van der Waals surface area contributed by atoms with Gasteiger partial charge in [0.05, 0.1) is 25.3 Å². The Bertz CT molecular complexity index is 1340. The largest absolute Gasteiger partial charge is 0.497 e. The number of nitrogens with zero attached hydrogens (tertiary/aromatic N) is 1. The molecule has 1 aliphatic carbocycles. The van der Waals surface area contributed by atoms with Crippen molar-refractivity contribution < 1.29 is 19.1 Å². The lowest BCUT2D eigenvalue weighted by molar-refractivity contribution is -0.152. The molecule has 1 amide bonds. The van der Waals surface area contributed by atoms with Gasteiger partial charge in [0, 0.05) is 40.7 Å². The van der Waals surface area contributed by atoms with Crippen LogP contribution >= 0.6 is 12.1 Å². The van der Waals surface area contributed by atoms with Gasteiger partial charge in [-0.25, -0.2) is 4.72 Å². The number of rotatable bonds is 6. The first kappa shape index (κ1) is 25.7.